The second-order valence-corrected chi connectivity index (χ2v) is 10.1. The Morgan fingerprint density at radius 1 is 1.17 bits per heavy atom. The molecular weight excluding hydrogens is 477 g/mol. The first-order valence-corrected chi connectivity index (χ1v) is 12.3. The van der Waals surface area contributed by atoms with E-state index in [0.717, 1.165) is 21.7 Å². The third-order valence-corrected chi connectivity index (χ3v) is 7.08. The van der Waals surface area contributed by atoms with Crippen LogP contribution in [0, 0.1) is 5.82 Å². The minimum absolute atomic E-state index is 0.0458. The number of hydrogen-bond acceptors (Lipinski definition) is 5. The lowest BCUT2D eigenvalue weighted by Crippen LogP contribution is -2.30. The third kappa shape index (κ3) is 5.62. The molecule has 0 spiro atoms. The summed E-state index contributed by atoms with van der Waals surface area (Å²) in [6.07, 6.45) is 1.95. The Morgan fingerprint density at radius 3 is 2.60 bits per heavy atom. The first-order chi connectivity index (χ1) is 16.6. The van der Waals surface area contributed by atoms with E-state index < -0.39 is 21.9 Å². The summed E-state index contributed by atoms with van der Waals surface area (Å²) in [6.45, 7) is -0.353. The highest BCUT2D eigenvalue weighted by molar-refractivity contribution is 7.90. The number of nitrogens with one attached hydrogen (secondary N) is 1. The second-order valence-electron chi connectivity index (χ2n) is 8.26. The molecule has 1 aliphatic rings. The van der Waals surface area contributed by atoms with Crippen LogP contribution in [0.4, 0.5) is 9.18 Å². The Labute approximate surface area is 201 Å². The van der Waals surface area contributed by atoms with Crippen LogP contribution in [0.5, 0.6) is 5.75 Å². The fourth-order valence-corrected chi connectivity index (χ4v) is 4.90. The lowest BCUT2D eigenvalue weighted by molar-refractivity contribution is -0.123. The van der Waals surface area contributed by atoms with E-state index >= 15 is 0 Å². The van der Waals surface area contributed by atoms with Gasteiger partial charge in [0, 0.05) is 30.9 Å². The van der Waals surface area contributed by atoms with Crippen LogP contribution in [0.3, 0.4) is 0 Å². The van der Waals surface area contributed by atoms with Crippen molar-refractivity contribution in [2.75, 3.05) is 13.7 Å². The molecule has 0 bridgehead atoms. The molecule has 1 fully saturated rings. The first kappa shape index (κ1) is 24.3. The number of halogens is 1. The van der Waals surface area contributed by atoms with Crippen LogP contribution in [0.15, 0.2) is 65.7 Å². The Bertz CT molecular complexity index is 1370. The van der Waals surface area contributed by atoms with Gasteiger partial charge in [0.25, 0.3) is 15.9 Å². The molecule has 0 atom stereocenters. The number of amides is 2. The molecule has 0 aliphatic heterocycles. The van der Waals surface area contributed by atoms with Gasteiger partial charge in [-0.1, -0.05) is 18.2 Å². The van der Waals surface area contributed by atoms with Crippen molar-refractivity contribution in [1.82, 2.24) is 14.2 Å². The predicted octanol–water partition coefficient (Wildman–Crippen LogP) is 3.30. The summed E-state index contributed by atoms with van der Waals surface area (Å²) < 4.78 is 48.2. The molecule has 0 unspecified atom stereocenters. The maximum Gasteiger partial charge on any atom is 0.407 e. The smallest absolute Gasteiger partial charge is 0.407 e. The predicted molar refractivity (Wildman–Crippen MR) is 125 cm³/mol. The van der Waals surface area contributed by atoms with Crippen LogP contribution < -0.4 is 10.1 Å². The summed E-state index contributed by atoms with van der Waals surface area (Å²) in [6, 6.07) is 13.0. The Morgan fingerprint density at radius 2 is 1.91 bits per heavy atom. The number of carbonyl (C=O) groups is 2. The number of nitrogens with zero attached hydrogens (tertiary/aromatic N) is 2. The van der Waals surface area contributed by atoms with Gasteiger partial charge >= 0.3 is 6.09 Å². The summed E-state index contributed by atoms with van der Waals surface area (Å²) in [5, 5.41) is 12.0. The zero-order chi connectivity index (χ0) is 25.2. The second kappa shape index (κ2) is 9.79. The zero-order valence-corrected chi connectivity index (χ0v) is 19.7. The highest BCUT2D eigenvalue weighted by Gasteiger charge is 2.25. The molecule has 2 N–H and O–H groups in total. The zero-order valence-electron chi connectivity index (χ0n) is 18.8. The normalized spacial score (nSPS) is 13.3. The number of hydrogen-bond donors (Lipinski definition) is 2. The molecule has 0 radical (unpaired) electrons. The van der Waals surface area contributed by atoms with E-state index in [1.807, 2.05) is 0 Å². The average molecular weight is 502 g/mol. The molecule has 1 heterocycles. The van der Waals surface area contributed by atoms with Crippen LogP contribution in [0.2, 0.25) is 0 Å². The maximum atomic E-state index is 14.6. The van der Waals surface area contributed by atoms with Crippen LogP contribution >= 0.6 is 0 Å². The van der Waals surface area contributed by atoms with E-state index in [9.17, 15) is 27.5 Å². The summed E-state index contributed by atoms with van der Waals surface area (Å²) in [5.41, 5.74) is 0.456. The fourth-order valence-electron chi connectivity index (χ4n) is 3.47. The van der Waals surface area contributed by atoms with E-state index in [1.165, 1.54) is 61.8 Å². The molecule has 4 rings (SSSR count). The van der Waals surface area contributed by atoms with E-state index in [2.05, 4.69) is 5.32 Å². The van der Waals surface area contributed by atoms with Gasteiger partial charge in [-0.25, -0.2) is 21.6 Å². The van der Waals surface area contributed by atoms with Crippen molar-refractivity contribution in [3.05, 3.63) is 72.2 Å². The van der Waals surface area contributed by atoms with Crippen molar-refractivity contribution in [2.45, 2.75) is 30.3 Å². The standard InChI is InChI=1S/C24H24FN3O6S/c1-27(24(30)31)13-16-11-22(20-7-2-3-8-21(20)25)28(14-16)35(32,33)19-6-4-5-18(12-19)34-15-23(29)26-17-9-10-17/h2-8,11-12,14,17H,9-10,13,15H2,1H3,(H,26,29)(H,30,31). The number of aromatic nitrogens is 1. The van der Waals surface area contributed by atoms with E-state index in [-0.39, 0.29) is 47.0 Å². The molecule has 35 heavy (non-hydrogen) atoms. The molecule has 2 aromatic carbocycles. The van der Waals surface area contributed by atoms with E-state index in [0.29, 0.717) is 5.56 Å². The van der Waals surface area contributed by atoms with Gasteiger partial charge in [0.2, 0.25) is 0 Å². The fraction of sp³-hybridized carbons (Fsp3) is 0.250. The summed E-state index contributed by atoms with van der Waals surface area (Å²) in [7, 11) is -2.89. The minimum atomic E-state index is -4.24. The molecular formula is C24H24FN3O6S. The van der Waals surface area contributed by atoms with Gasteiger partial charge in [0.05, 0.1) is 17.1 Å². The number of carboxylic acid groups (broad SMARTS) is 1. The lowest BCUT2D eigenvalue weighted by Gasteiger charge is -2.13. The molecule has 184 valence electrons. The number of rotatable bonds is 9. The van der Waals surface area contributed by atoms with E-state index in [1.54, 1.807) is 6.07 Å². The van der Waals surface area contributed by atoms with Crippen LogP contribution in [-0.4, -0.2) is 54.1 Å². The SMILES string of the molecule is CN(Cc1cc(-c2ccccc2F)n(S(=O)(=O)c2cccc(OCC(=O)NC3CC3)c2)c1)C(=O)O. The molecule has 3 aromatic rings. The third-order valence-electron chi connectivity index (χ3n) is 5.41. The molecule has 11 heteroatoms. The lowest BCUT2D eigenvalue weighted by atomic mass is 10.1. The highest BCUT2D eigenvalue weighted by Crippen LogP contribution is 2.30. The molecule has 9 nitrogen and oxygen atoms in total. The van der Waals surface area contributed by atoms with Crippen molar-refractivity contribution >= 4 is 22.0 Å². The van der Waals surface area contributed by atoms with Crippen LogP contribution in [0.25, 0.3) is 11.3 Å². The molecule has 1 aliphatic carbocycles. The topological polar surface area (TPSA) is 118 Å². The van der Waals surface area contributed by atoms with Gasteiger partial charge in [-0.05, 0) is 48.7 Å². The molecule has 1 saturated carbocycles. The monoisotopic (exact) mass is 501 g/mol. The van der Waals surface area contributed by atoms with Crippen molar-refractivity contribution in [3.8, 4) is 17.0 Å². The molecule has 1 aromatic heterocycles. The van der Waals surface area contributed by atoms with Gasteiger partial charge in [-0.15, -0.1) is 0 Å². The van der Waals surface area contributed by atoms with Crippen molar-refractivity contribution in [1.29, 1.82) is 0 Å². The van der Waals surface area contributed by atoms with Gasteiger partial charge in [0.1, 0.15) is 11.6 Å². The van der Waals surface area contributed by atoms with Crippen LogP contribution in [0.1, 0.15) is 18.4 Å². The number of carbonyl (C=O) groups excluding carboxylic acids is 1. The molecule has 0 saturated heterocycles. The average Bonchev–Trinajstić information content (AvgIpc) is 3.54. The largest absolute Gasteiger partial charge is 0.484 e. The number of ether oxygens (including phenoxy) is 1. The van der Waals surface area contributed by atoms with Crippen LogP contribution in [-0.2, 0) is 21.4 Å². The summed E-state index contributed by atoms with van der Waals surface area (Å²) >= 11 is 0. The quantitative estimate of drug-likeness (QED) is 0.465. The van der Waals surface area contributed by atoms with Gasteiger partial charge in [0.15, 0.2) is 6.61 Å². The summed E-state index contributed by atoms with van der Waals surface area (Å²) in [5.74, 6) is -0.735. The van der Waals surface area contributed by atoms with Gasteiger partial charge < -0.3 is 20.1 Å². The van der Waals surface area contributed by atoms with Gasteiger partial charge in [-0.2, -0.15) is 0 Å². The minimum Gasteiger partial charge on any atom is -0.484 e. The Balaban J connectivity index is 1.68. The maximum absolute atomic E-state index is 14.6. The Hall–Kier alpha value is -3.86. The van der Waals surface area contributed by atoms with E-state index in [4.69, 9.17) is 4.74 Å². The van der Waals surface area contributed by atoms with Crippen molar-refractivity contribution < 1.29 is 32.2 Å². The highest BCUT2D eigenvalue weighted by atomic mass is 32.2. The van der Waals surface area contributed by atoms with Gasteiger partial charge in [-0.3, -0.25) is 4.79 Å². The van der Waals surface area contributed by atoms with Crippen molar-refractivity contribution in [3.63, 3.8) is 0 Å². The Kier molecular flexibility index (Phi) is 6.79. The van der Waals surface area contributed by atoms with Crippen molar-refractivity contribution in [2.24, 2.45) is 0 Å². The number of benzene rings is 2. The first-order valence-electron chi connectivity index (χ1n) is 10.8. The molecule has 2 amide bonds. The summed E-state index contributed by atoms with van der Waals surface area (Å²) in [4.78, 5) is 24.0.